The van der Waals surface area contributed by atoms with Gasteiger partial charge in [0.2, 0.25) is 0 Å². The van der Waals surface area contributed by atoms with Gasteiger partial charge in [-0.2, -0.15) is 0 Å². The maximum atomic E-state index is 7.64. The number of aryl methyl sites for hydroxylation is 2. The molecule has 0 N–H and O–H groups in total. The number of unbranched alkanes of at least 4 members (excludes halogenated alkanes) is 6. The van der Waals surface area contributed by atoms with E-state index in [1.807, 2.05) is 0 Å². The highest BCUT2D eigenvalue weighted by Crippen LogP contribution is 2.47. The van der Waals surface area contributed by atoms with Gasteiger partial charge in [0, 0.05) is 23.5 Å². The molecular formula is C52H72N2O. The Hall–Kier alpha value is -3.30. The first-order valence-electron chi connectivity index (χ1n) is 22.8. The van der Waals surface area contributed by atoms with E-state index in [1.165, 1.54) is 149 Å². The largest absolute Gasteiger partial charge is 0.365 e. The van der Waals surface area contributed by atoms with Crippen LogP contribution in [-0.2, 0) is 17.6 Å². The smallest absolute Gasteiger partial charge is 0.0861 e. The van der Waals surface area contributed by atoms with Crippen LogP contribution in [-0.4, -0.2) is 9.97 Å². The number of nitrogens with zero attached hydrogens (tertiary/aromatic N) is 2. The Bertz CT molecular complexity index is 1500. The molecule has 0 amide bonds. The van der Waals surface area contributed by atoms with Gasteiger partial charge in [-0.3, -0.25) is 9.97 Å². The van der Waals surface area contributed by atoms with Crippen LogP contribution in [0.5, 0.6) is 0 Å². The minimum atomic E-state index is 0.0884. The Balaban J connectivity index is 1.22. The van der Waals surface area contributed by atoms with Crippen molar-refractivity contribution in [3.8, 4) is 22.5 Å². The Morgan fingerprint density at radius 2 is 0.873 bits per heavy atom. The summed E-state index contributed by atoms with van der Waals surface area (Å²) in [6, 6.07) is 27.6. The number of hydrogen-bond acceptors (Lipinski definition) is 3. The van der Waals surface area contributed by atoms with Crippen molar-refractivity contribution >= 4 is 0 Å². The minimum absolute atomic E-state index is 0.0884. The third-order valence-electron chi connectivity index (χ3n) is 13.4. The molecule has 0 radical (unpaired) electrons. The number of aromatic nitrogens is 2. The molecule has 2 atom stereocenters. The summed E-state index contributed by atoms with van der Waals surface area (Å²) >= 11 is 0. The van der Waals surface area contributed by atoms with E-state index in [-0.39, 0.29) is 12.2 Å². The second kappa shape index (κ2) is 21.9. The van der Waals surface area contributed by atoms with Gasteiger partial charge in [0.05, 0.1) is 23.6 Å². The van der Waals surface area contributed by atoms with Crippen LogP contribution in [0.4, 0.5) is 0 Å². The standard InChI is InChI=1S/C52H72N2O/c1-5-9-11-13-15-41-21-35-49(53-37-41)43-27-31-47(32-28-43)51(45-23-17-39(7-3)18-24-45)55-52(46-25-19-40(8-4)20-26-46)48-33-29-44(30-34-48)50-36-22-42(38-54-50)16-14-12-10-6-2/h21-22,27-40,45-46,51-52H,5-20,23-26H2,1-4H3. The summed E-state index contributed by atoms with van der Waals surface area (Å²) in [5.41, 5.74) is 9.87. The van der Waals surface area contributed by atoms with Crippen molar-refractivity contribution in [3.05, 3.63) is 107 Å². The lowest BCUT2D eigenvalue weighted by Crippen LogP contribution is -2.28. The molecule has 0 aliphatic heterocycles. The molecule has 3 heteroatoms. The first-order valence-corrected chi connectivity index (χ1v) is 22.8. The fourth-order valence-corrected chi connectivity index (χ4v) is 9.57. The van der Waals surface area contributed by atoms with Crippen molar-refractivity contribution < 1.29 is 4.74 Å². The van der Waals surface area contributed by atoms with Gasteiger partial charge in [-0.05, 0) is 109 Å². The highest BCUT2D eigenvalue weighted by molar-refractivity contribution is 5.60. The fourth-order valence-electron chi connectivity index (χ4n) is 9.57. The first kappa shape index (κ1) is 41.3. The van der Waals surface area contributed by atoms with Gasteiger partial charge < -0.3 is 4.74 Å². The Morgan fingerprint density at radius 3 is 1.20 bits per heavy atom. The van der Waals surface area contributed by atoms with Crippen LogP contribution in [0.25, 0.3) is 22.5 Å². The summed E-state index contributed by atoms with van der Waals surface area (Å²) in [5.74, 6) is 2.79. The van der Waals surface area contributed by atoms with Crippen molar-refractivity contribution in [3.63, 3.8) is 0 Å². The monoisotopic (exact) mass is 741 g/mol. The molecule has 2 fully saturated rings. The van der Waals surface area contributed by atoms with Crippen LogP contribution >= 0.6 is 0 Å². The van der Waals surface area contributed by atoms with Crippen molar-refractivity contribution in [1.29, 1.82) is 0 Å². The maximum absolute atomic E-state index is 7.64. The molecule has 2 aliphatic carbocycles. The summed E-state index contributed by atoms with van der Waals surface area (Å²) in [4.78, 5) is 9.82. The molecule has 4 aromatic rings. The van der Waals surface area contributed by atoms with Crippen LogP contribution in [0, 0.1) is 23.7 Å². The Kier molecular flexibility index (Phi) is 16.4. The summed E-state index contributed by atoms with van der Waals surface area (Å²) in [7, 11) is 0. The SMILES string of the molecule is CCCCCCc1ccc(-c2ccc(C(OC(c3ccc(-c4ccc(CCCCCC)cn4)cc3)C3CCC(CC)CC3)C3CCC(CC)CC3)cc2)nc1. The topological polar surface area (TPSA) is 35.0 Å². The predicted octanol–water partition coefficient (Wildman–Crippen LogP) is 15.3. The molecule has 2 aliphatic rings. The van der Waals surface area contributed by atoms with E-state index in [1.54, 1.807) is 0 Å². The molecule has 3 nitrogen and oxygen atoms in total. The Labute approximate surface area is 335 Å². The maximum Gasteiger partial charge on any atom is 0.0861 e. The molecule has 0 saturated heterocycles. The third kappa shape index (κ3) is 11.9. The third-order valence-corrected chi connectivity index (χ3v) is 13.4. The average Bonchev–Trinajstić information content (AvgIpc) is 3.25. The lowest BCUT2D eigenvalue weighted by Gasteiger charge is -2.40. The minimum Gasteiger partial charge on any atom is -0.365 e. The molecule has 2 unspecified atom stereocenters. The zero-order valence-corrected chi connectivity index (χ0v) is 35.0. The van der Waals surface area contributed by atoms with Gasteiger partial charge in [0.15, 0.2) is 0 Å². The average molecular weight is 741 g/mol. The van der Waals surface area contributed by atoms with Crippen molar-refractivity contribution in [1.82, 2.24) is 9.97 Å². The molecule has 2 aromatic heterocycles. The normalized spacial score (nSPS) is 21.3. The van der Waals surface area contributed by atoms with E-state index in [2.05, 4.69) is 113 Å². The van der Waals surface area contributed by atoms with E-state index in [4.69, 9.17) is 14.7 Å². The van der Waals surface area contributed by atoms with Crippen molar-refractivity contribution in [2.45, 2.75) is 168 Å². The first-order chi connectivity index (χ1) is 27.1. The molecule has 6 rings (SSSR count). The molecule has 0 bridgehead atoms. The molecule has 0 spiro atoms. The fraction of sp³-hybridized carbons (Fsp3) is 0.577. The van der Waals surface area contributed by atoms with Gasteiger partial charge in [-0.1, -0.05) is 165 Å². The summed E-state index contributed by atoms with van der Waals surface area (Å²) in [6.07, 6.45) is 29.8. The van der Waals surface area contributed by atoms with Crippen LogP contribution in [0.2, 0.25) is 0 Å². The van der Waals surface area contributed by atoms with E-state index in [0.29, 0.717) is 11.8 Å². The molecule has 2 aromatic carbocycles. The highest BCUT2D eigenvalue weighted by atomic mass is 16.5. The quantitative estimate of drug-likeness (QED) is 0.0846. The molecule has 55 heavy (non-hydrogen) atoms. The number of rotatable bonds is 20. The van der Waals surface area contributed by atoms with E-state index >= 15 is 0 Å². The van der Waals surface area contributed by atoms with E-state index in [0.717, 1.165) is 36.1 Å². The zero-order valence-electron chi connectivity index (χ0n) is 35.0. The van der Waals surface area contributed by atoms with Gasteiger partial charge in [-0.15, -0.1) is 0 Å². The second-order valence-corrected chi connectivity index (χ2v) is 17.3. The second-order valence-electron chi connectivity index (χ2n) is 17.3. The van der Waals surface area contributed by atoms with E-state index < -0.39 is 0 Å². The number of hydrogen-bond donors (Lipinski definition) is 0. The van der Waals surface area contributed by atoms with Gasteiger partial charge in [0.1, 0.15) is 0 Å². The van der Waals surface area contributed by atoms with Crippen LogP contribution in [0.15, 0.2) is 85.2 Å². The van der Waals surface area contributed by atoms with Gasteiger partial charge >= 0.3 is 0 Å². The Morgan fingerprint density at radius 1 is 0.473 bits per heavy atom. The van der Waals surface area contributed by atoms with Crippen LogP contribution in [0.3, 0.4) is 0 Å². The molecule has 2 heterocycles. The van der Waals surface area contributed by atoms with Crippen molar-refractivity contribution in [2.75, 3.05) is 0 Å². The van der Waals surface area contributed by atoms with Crippen molar-refractivity contribution in [2.24, 2.45) is 23.7 Å². The summed E-state index contributed by atoms with van der Waals surface area (Å²) in [5, 5.41) is 0. The van der Waals surface area contributed by atoms with Crippen LogP contribution in [0.1, 0.15) is 178 Å². The number of ether oxygens (including phenoxy) is 1. The van der Waals surface area contributed by atoms with Gasteiger partial charge in [-0.25, -0.2) is 0 Å². The lowest BCUT2D eigenvalue weighted by molar-refractivity contribution is -0.0905. The predicted molar refractivity (Wildman–Crippen MR) is 233 cm³/mol. The number of benzene rings is 2. The molecule has 2 saturated carbocycles. The number of pyridine rings is 2. The zero-order chi connectivity index (χ0) is 38.2. The molecular weight excluding hydrogens is 669 g/mol. The lowest BCUT2D eigenvalue weighted by atomic mass is 9.75. The van der Waals surface area contributed by atoms with Gasteiger partial charge in [0.25, 0.3) is 0 Å². The van der Waals surface area contributed by atoms with E-state index in [9.17, 15) is 0 Å². The summed E-state index contributed by atoms with van der Waals surface area (Å²) < 4.78 is 7.64. The molecule has 296 valence electrons. The summed E-state index contributed by atoms with van der Waals surface area (Å²) in [6.45, 7) is 9.29. The van der Waals surface area contributed by atoms with Crippen LogP contribution < -0.4 is 0 Å². The highest BCUT2D eigenvalue weighted by Gasteiger charge is 2.35.